The number of hydrogen-bond donors (Lipinski definition) is 1. The fourth-order valence-electron chi connectivity index (χ4n) is 2.24. The minimum Gasteiger partial charge on any atom is -0.291 e. The summed E-state index contributed by atoms with van der Waals surface area (Å²) in [5.41, 5.74) is 2.14. The summed E-state index contributed by atoms with van der Waals surface area (Å²) >= 11 is 1.59. The molecule has 0 saturated carbocycles. The molecule has 4 nitrogen and oxygen atoms in total. The fourth-order valence-corrected chi connectivity index (χ4v) is 4.28. The number of benzene rings is 1. The molecule has 0 saturated heterocycles. The van der Waals surface area contributed by atoms with Gasteiger partial charge < -0.3 is 0 Å². The van der Waals surface area contributed by atoms with Gasteiger partial charge in [0.05, 0.1) is 4.90 Å². The first kappa shape index (κ1) is 14.9. The van der Waals surface area contributed by atoms with Gasteiger partial charge in [-0.15, -0.1) is 11.3 Å². The van der Waals surface area contributed by atoms with Crippen LogP contribution >= 0.6 is 11.3 Å². The molecule has 3 aromatic rings. The number of rotatable bonds is 4. The van der Waals surface area contributed by atoms with Crippen molar-refractivity contribution < 1.29 is 8.42 Å². The van der Waals surface area contributed by atoms with Crippen molar-refractivity contribution in [1.29, 1.82) is 0 Å². The molecule has 0 bridgehead atoms. The maximum absolute atomic E-state index is 12.5. The van der Waals surface area contributed by atoms with Crippen molar-refractivity contribution in [2.24, 2.45) is 0 Å². The van der Waals surface area contributed by atoms with Crippen molar-refractivity contribution in [3.8, 4) is 5.00 Å². The van der Waals surface area contributed by atoms with Gasteiger partial charge in [-0.2, -0.15) is 0 Å². The average Bonchev–Trinajstić information content (AvgIpc) is 3.06. The second kappa shape index (κ2) is 5.62. The zero-order chi connectivity index (χ0) is 15.7. The van der Waals surface area contributed by atoms with Crippen LogP contribution in [0.5, 0.6) is 0 Å². The molecule has 0 aliphatic carbocycles. The Hall–Kier alpha value is -2.05. The Kier molecular flexibility index (Phi) is 3.80. The lowest BCUT2D eigenvalue weighted by atomic mass is 10.4. The molecule has 1 aromatic carbocycles. The minimum atomic E-state index is -3.59. The number of nitrogens with zero attached hydrogens (tertiary/aromatic N) is 1. The first-order valence-corrected chi connectivity index (χ1v) is 9.15. The summed E-state index contributed by atoms with van der Waals surface area (Å²) in [7, 11) is -3.59. The van der Waals surface area contributed by atoms with Crippen molar-refractivity contribution in [1.82, 2.24) is 4.57 Å². The van der Waals surface area contributed by atoms with E-state index >= 15 is 0 Å². The predicted octanol–water partition coefficient (Wildman–Crippen LogP) is 3.96. The van der Waals surface area contributed by atoms with Gasteiger partial charge in [0.15, 0.2) is 0 Å². The molecule has 6 heteroatoms. The molecule has 114 valence electrons. The standard InChI is InChI=1S/C16H16N2O2S2/c1-12-10-16(21-11-12)18-13(2)8-9-15(18)17-22(19,20)14-6-4-3-5-7-14/h3-11,17H,1-2H3. The van der Waals surface area contributed by atoms with Crippen molar-refractivity contribution in [3.63, 3.8) is 0 Å². The van der Waals surface area contributed by atoms with Crippen LogP contribution in [0.1, 0.15) is 11.3 Å². The highest BCUT2D eigenvalue weighted by Crippen LogP contribution is 2.27. The van der Waals surface area contributed by atoms with Gasteiger partial charge in [0.2, 0.25) is 0 Å². The third-order valence-corrected chi connectivity index (χ3v) is 5.71. The van der Waals surface area contributed by atoms with E-state index in [1.807, 2.05) is 35.9 Å². The molecule has 0 aliphatic rings. The van der Waals surface area contributed by atoms with Crippen LogP contribution in [0.2, 0.25) is 0 Å². The molecule has 1 N–H and O–H groups in total. The number of thiophene rings is 1. The third-order valence-electron chi connectivity index (χ3n) is 3.31. The summed E-state index contributed by atoms with van der Waals surface area (Å²) in [6.45, 7) is 3.97. The Balaban J connectivity index is 2.01. The Bertz CT molecular complexity index is 893. The molecule has 0 aliphatic heterocycles. The Morgan fingerprint density at radius 1 is 1.05 bits per heavy atom. The van der Waals surface area contributed by atoms with Crippen LogP contribution in [0.25, 0.3) is 5.00 Å². The number of aryl methyl sites for hydroxylation is 2. The highest BCUT2D eigenvalue weighted by molar-refractivity contribution is 7.92. The smallest absolute Gasteiger partial charge is 0.263 e. The molecule has 0 amide bonds. The van der Waals surface area contributed by atoms with Gasteiger partial charge in [0, 0.05) is 5.69 Å². The predicted molar refractivity (Wildman–Crippen MR) is 90.4 cm³/mol. The summed E-state index contributed by atoms with van der Waals surface area (Å²) in [5, 5.41) is 3.04. The molecule has 0 atom stereocenters. The van der Waals surface area contributed by atoms with E-state index < -0.39 is 10.0 Å². The zero-order valence-corrected chi connectivity index (χ0v) is 13.9. The van der Waals surface area contributed by atoms with Crippen LogP contribution in [-0.2, 0) is 10.0 Å². The second-order valence-electron chi connectivity index (χ2n) is 5.08. The lowest BCUT2D eigenvalue weighted by Crippen LogP contribution is -2.15. The Labute approximate surface area is 134 Å². The summed E-state index contributed by atoms with van der Waals surface area (Å²) in [5.74, 6) is 0.545. The maximum atomic E-state index is 12.5. The van der Waals surface area contributed by atoms with Crippen molar-refractivity contribution in [3.05, 3.63) is 65.2 Å². The van der Waals surface area contributed by atoms with E-state index in [0.29, 0.717) is 5.82 Å². The van der Waals surface area contributed by atoms with E-state index in [4.69, 9.17) is 0 Å². The fraction of sp³-hybridized carbons (Fsp3) is 0.125. The van der Waals surface area contributed by atoms with E-state index in [1.54, 1.807) is 47.7 Å². The van der Waals surface area contributed by atoms with Crippen LogP contribution in [0, 0.1) is 13.8 Å². The van der Waals surface area contributed by atoms with Crippen LogP contribution in [0.4, 0.5) is 5.82 Å². The summed E-state index contributed by atoms with van der Waals surface area (Å²) in [6.07, 6.45) is 0. The van der Waals surface area contributed by atoms with Crippen molar-refractivity contribution in [2.45, 2.75) is 18.7 Å². The number of anilines is 1. The van der Waals surface area contributed by atoms with Gasteiger partial charge in [-0.05, 0) is 55.1 Å². The van der Waals surface area contributed by atoms with Gasteiger partial charge in [-0.3, -0.25) is 9.29 Å². The third kappa shape index (κ3) is 2.80. The van der Waals surface area contributed by atoms with Gasteiger partial charge >= 0.3 is 0 Å². The van der Waals surface area contributed by atoms with Crippen molar-refractivity contribution >= 4 is 27.2 Å². The SMILES string of the molecule is Cc1csc(-n2c(C)ccc2NS(=O)(=O)c2ccccc2)c1. The van der Waals surface area contributed by atoms with Gasteiger partial charge in [0.25, 0.3) is 10.0 Å². The Morgan fingerprint density at radius 3 is 2.41 bits per heavy atom. The minimum absolute atomic E-state index is 0.253. The second-order valence-corrected chi connectivity index (χ2v) is 7.65. The molecule has 0 unspecified atom stereocenters. The molecule has 22 heavy (non-hydrogen) atoms. The largest absolute Gasteiger partial charge is 0.291 e. The lowest BCUT2D eigenvalue weighted by Gasteiger charge is -2.12. The molecule has 0 fully saturated rings. The first-order valence-electron chi connectivity index (χ1n) is 6.79. The molecule has 3 rings (SSSR count). The van der Waals surface area contributed by atoms with Crippen LogP contribution in [0.3, 0.4) is 0 Å². The highest BCUT2D eigenvalue weighted by Gasteiger charge is 2.17. The highest BCUT2D eigenvalue weighted by atomic mass is 32.2. The summed E-state index contributed by atoms with van der Waals surface area (Å²) in [6, 6.07) is 14.1. The van der Waals surface area contributed by atoms with Gasteiger partial charge in [-0.25, -0.2) is 8.42 Å². The lowest BCUT2D eigenvalue weighted by molar-refractivity contribution is 0.601. The number of nitrogens with one attached hydrogen (secondary N) is 1. The molecule has 2 heterocycles. The van der Waals surface area contributed by atoms with Crippen LogP contribution in [0.15, 0.2) is 58.8 Å². The normalized spacial score (nSPS) is 11.5. The monoisotopic (exact) mass is 332 g/mol. The van der Waals surface area contributed by atoms with E-state index in [9.17, 15) is 8.42 Å². The molecule has 0 radical (unpaired) electrons. The van der Waals surface area contributed by atoms with Gasteiger partial charge in [0.1, 0.15) is 10.8 Å². The first-order chi connectivity index (χ1) is 10.5. The van der Waals surface area contributed by atoms with E-state index in [2.05, 4.69) is 4.72 Å². The zero-order valence-electron chi connectivity index (χ0n) is 12.3. The number of sulfonamides is 1. The Morgan fingerprint density at radius 2 is 1.77 bits per heavy atom. The molecule has 2 aromatic heterocycles. The molecular formula is C16H16N2O2S2. The average molecular weight is 332 g/mol. The molecular weight excluding hydrogens is 316 g/mol. The number of aromatic nitrogens is 1. The van der Waals surface area contributed by atoms with Crippen molar-refractivity contribution in [2.75, 3.05) is 4.72 Å². The number of hydrogen-bond acceptors (Lipinski definition) is 3. The van der Waals surface area contributed by atoms with E-state index in [1.165, 1.54) is 0 Å². The summed E-state index contributed by atoms with van der Waals surface area (Å²) < 4.78 is 29.5. The quantitative estimate of drug-likeness (QED) is 0.786. The van der Waals surface area contributed by atoms with Crippen LogP contribution < -0.4 is 4.72 Å². The van der Waals surface area contributed by atoms with Crippen LogP contribution in [-0.4, -0.2) is 13.0 Å². The maximum Gasteiger partial charge on any atom is 0.263 e. The van der Waals surface area contributed by atoms with Gasteiger partial charge in [-0.1, -0.05) is 18.2 Å². The topological polar surface area (TPSA) is 51.1 Å². The van der Waals surface area contributed by atoms with E-state index in [-0.39, 0.29) is 4.90 Å². The summed E-state index contributed by atoms with van der Waals surface area (Å²) in [4.78, 5) is 0.253. The molecule has 0 spiro atoms. The van der Waals surface area contributed by atoms with E-state index in [0.717, 1.165) is 16.3 Å².